The molecule has 0 bridgehead atoms. The molecule has 0 spiro atoms. The summed E-state index contributed by atoms with van der Waals surface area (Å²) >= 11 is 0. The minimum absolute atomic E-state index is 0.821. The second-order valence-electron chi connectivity index (χ2n) is 28.5. The standard InChI is InChI=1S/C60H96N4/c1-33(2)53-55-41-25-15-23-39-46-30-44-38-22-12-14-28-48(38)62(36-19-9-6-10-20-36)50(44)32-52(46)64(57(39)41)60(55)54(34(3)4)56-42-26-16-24-40-45-29-43-37-21-11-13-27-47(37)61(35-17-7-5-8-18-35)49(43)31-51(45)63(58(40)42)59(53)56/h33-60H,5-32H2,1-4H3. The van der Waals surface area contributed by atoms with Gasteiger partial charge in [0.1, 0.15) is 0 Å². The van der Waals surface area contributed by atoms with Crippen LogP contribution in [0.5, 0.6) is 0 Å². The first kappa shape index (κ1) is 41.6. The average Bonchev–Trinajstić information content (AvgIpc) is 4.16. The second-order valence-corrected chi connectivity index (χ2v) is 28.5. The minimum Gasteiger partial charge on any atom is -0.294 e. The molecule has 15 fully saturated rings. The van der Waals surface area contributed by atoms with Crippen LogP contribution in [0.25, 0.3) is 0 Å². The Morgan fingerprint density at radius 2 is 0.609 bits per heavy atom. The predicted octanol–water partition coefficient (Wildman–Crippen LogP) is 12.7. The predicted molar refractivity (Wildman–Crippen MR) is 261 cm³/mol. The lowest BCUT2D eigenvalue weighted by Gasteiger charge is -2.58. The van der Waals surface area contributed by atoms with E-state index < -0.39 is 0 Å². The Kier molecular flexibility index (Phi) is 10.2. The van der Waals surface area contributed by atoms with Gasteiger partial charge in [0, 0.05) is 72.5 Å². The zero-order chi connectivity index (χ0) is 42.3. The van der Waals surface area contributed by atoms with Crippen LogP contribution in [0.1, 0.15) is 207 Å². The number of likely N-dealkylation sites (tertiary alicyclic amines) is 2. The molecule has 0 amide bonds. The minimum atomic E-state index is 0.821. The van der Waals surface area contributed by atoms with E-state index in [0.29, 0.717) is 0 Å². The molecule has 0 radical (unpaired) electrons. The zero-order valence-electron chi connectivity index (χ0n) is 41.8. The summed E-state index contributed by atoms with van der Waals surface area (Å²) in [6, 6.07) is 11.0. The summed E-state index contributed by atoms with van der Waals surface area (Å²) in [5, 5.41) is 0. The molecule has 4 heteroatoms. The van der Waals surface area contributed by atoms with Gasteiger partial charge in [0.05, 0.1) is 0 Å². The Morgan fingerprint density at radius 3 is 1.03 bits per heavy atom. The van der Waals surface area contributed by atoms with Crippen molar-refractivity contribution in [2.24, 2.45) is 94.7 Å². The Balaban J connectivity index is 0.805. The third-order valence-electron chi connectivity index (χ3n) is 26.4. The molecule has 9 aliphatic carbocycles. The maximum absolute atomic E-state index is 3.61. The van der Waals surface area contributed by atoms with Crippen LogP contribution in [0.2, 0.25) is 0 Å². The largest absolute Gasteiger partial charge is 0.294 e. The molecule has 356 valence electrons. The van der Waals surface area contributed by atoms with E-state index in [1.165, 1.54) is 77.0 Å². The summed E-state index contributed by atoms with van der Waals surface area (Å²) in [6.07, 6.45) is 43.5. The lowest BCUT2D eigenvalue weighted by Crippen LogP contribution is -2.63. The normalized spacial score (nSPS) is 57.1. The molecule has 24 atom stereocenters. The molecule has 24 unspecified atom stereocenters. The number of hydrogen-bond donors (Lipinski definition) is 0. The van der Waals surface area contributed by atoms with Crippen LogP contribution >= 0.6 is 0 Å². The lowest BCUT2D eigenvalue weighted by molar-refractivity contribution is -0.0896. The molecule has 15 rings (SSSR count). The topological polar surface area (TPSA) is 13.0 Å². The zero-order valence-corrected chi connectivity index (χ0v) is 41.8. The summed E-state index contributed by atoms with van der Waals surface area (Å²) in [5.74, 6) is 15.6. The van der Waals surface area contributed by atoms with Gasteiger partial charge in [0.2, 0.25) is 0 Å². The Bertz CT molecular complexity index is 1610. The van der Waals surface area contributed by atoms with E-state index in [9.17, 15) is 0 Å². The number of fused-ring (bicyclic) bond motifs is 18. The molecule has 15 aliphatic rings. The van der Waals surface area contributed by atoms with Crippen LogP contribution in [0.3, 0.4) is 0 Å². The van der Waals surface area contributed by atoms with Gasteiger partial charge in [-0.25, -0.2) is 0 Å². The van der Waals surface area contributed by atoms with Crippen molar-refractivity contribution in [3.8, 4) is 0 Å². The van der Waals surface area contributed by atoms with Crippen molar-refractivity contribution in [3.05, 3.63) is 0 Å². The van der Waals surface area contributed by atoms with Crippen LogP contribution in [0.4, 0.5) is 0 Å². The molecule has 0 aromatic rings. The lowest BCUT2D eigenvalue weighted by atomic mass is 9.50. The van der Waals surface area contributed by atoms with Gasteiger partial charge in [-0.05, 0) is 197 Å². The highest BCUT2D eigenvalue weighted by Crippen LogP contribution is 2.72. The molecule has 9 saturated carbocycles. The molecule has 4 nitrogen and oxygen atoms in total. The smallest absolute Gasteiger partial charge is 0.0170 e. The fraction of sp³-hybridized carbons (Fsp3) is 1.00. The van der Waals surface area contributed by atoms with Gasteiger partial charge in [-0.3, -0.25) is 19.6 Å². The van der Waals surface area contributed by atoms with Crippen molar-refractivity contribution in [2.75, 3.05) is 0 Å². The van der Waals surface area contributed by atoms with Crippen LogP contribution < -0.4 is 0 Å². The van der Waals surface area contributed by atoms with Gasteiger partial charge < -0.3 is 0 Å². The summed E-state index contributed by atoms with van der Waals surface area (Å²) in [4.78, 5) is 14.0. The number of rotatable bonds is 4. The van der Waals surface area contributed by atoms with Crippen LogP contribution in [0, 0.1) is 94.7 Å². The molecule has 0 aromatic carbocycles. The molecule has 6 heterocycles. The van der Waals surface area contributed by atoms with Crippen molar-refractivity contribution < 1.29 is 0 Å². The molecule has 6 saturated heterocycles. The quantitative estimate of drug-likeness (QED) is 0.279. The second kappa shape index (κ2) is 15.7. The van der Waals surface area contributed by atoms with Gasteiger partial charge in [0.25, 0.3) is 0 Å². The highest BCUT2D eigenvalue weighted by molar-refractivity contribution is 5.28. The van der Waals surface area contributed by atoms with Crippen molar-refractivity contribution in [2.45, 2.75) is 280 Å². The fourth-order valence-corrected chi connectivity index (χ4v) is 25.4. The molecule has 6 aliphatic heterocycles. The van der Waals surface area contributed by atoms with Crippen molar-refractivity contribution >= 4 is 0 Å². The van der Waals surface area contributed by atoms with E-state index in [4.69, 9.17) is 0 Å². The van der Waals surface area contributed by atoms with E-state index in [1.54, 1.807) is 103 Å². The summed E-state index contributed by atoms with van der Waals surface area (Å²) in [5.41, 5.74) is 0. The van der Waals surface area contributed by atoms with Crippen LogP contribution in [-0.2, 0) is 0 Å². The van der Waals surface area contributed by atoms with Crippen molar-refractivity contribution in [3.63, 3.8) is 0 Å². The van der Waals surface area contributed by atoms with Gasteiger partial charge in [-0.1, -0.05) is 105 Å². The Hall–Kier alpha value is -0.160. The van der Waals surface area contributed by atoms with Gasteiger partial charge in [-0.15, -0.1) is 0 Å². The monoisotopic (exact) mass is 873 g/mol. The van der Waals surface area contributed by atoms with Crippen molar-refractivity contribution in [1.29, 1.82) is 0 Å². The Labute approximate surface area is 392 Å². The van der Waals surface area contributed by atoms with E-state index >= 15 is 0 Å². The van der Waals surface area contributed by atoms with Crippen LogP contribution in [-0.4, -0.2) is 92.1 Å². The third-order valence-corrected chi connectivity index (χ3v) is 26.4. The molecule has 0 aromatic heterocycles. The highest BCUT2D eigenvalue weighted by Gasteiger charge is 2.76. The van der Waals surface area contributed by atoms with Gasteiger partial charge in [-0.2, -0.15) is 0 Å². The fourth-order valence-electron chi connectivity index (χ4n) is 25.4. The van der Waals surface area contributed by atoms with E-state index in [-0.39, 0.29) is 0 Å². The molecule has 0 N–H and O–H groups in total. The maximum Gasteiger partial charge on any atom is 0.0170 e. The van der Waals surface area contributed by atoms with Crippen LogP contribution in [0.15, 0.2) is 0 Å². The average molecular weight is 873 g/mol. The van der Waals surface area contributed by atoms with E-state index in [1.807, 2.05) is 0 Å². The number of nitrogens with zero attached hydrogens (tertiary/aromatic N) is 4. The first-order valence-electron chi connectivity index (χ1n) is 30.6. The first-order chi connectivity index (χ1) is 31.5. The SMILES string of the molecule is CC(C)C1C2C3CCCC4C5CC6C7CCCCC7N(C7CCCCC7)C6CC5N(C43)C2C(C(C)C)C2C3CCCC4C5CC6C7CCCCC7N(C7CCCCC7)C6CC5N(C43)C12. The molecular formula is C60H96N4. The first-order valence-corrected chi connectivity index (χ1v) is 30.6. The summed E-state index contributed by atoms with van der Waals surface area (Å²) in [7, 11) is 0. The third kappa shape index (κ3) is 5.62. The summed E-state index contributed by atoms with van der Waals surface area (Å²) < 4.78 is 0. The van der Waals surface area contributed by atoms with E-state index in [0.717, 1.165) is 167 Å². The van der Waals surface area contributed by atoms with Gasteiger partial charge >= 0.3 is 0 Å². The molecular weight excluding hydrogens is 777 g/mol. The van der Waals surface area contributed by atoms with Crippen molar-refractivity contribution in [1.82, 2.24) is 19.6 Å². The van der Waals surface area contributed by atoms with E-state index in [2.05, 4.69) is 47.3 Å². The maximum atomic E-state index is 3.61. The highest BCUT2D eigenvalue weighted by atomic mass is 15.4. The Morgan fingerprint density at radius 1 is 0.266 bits per heavy atom. The molecule has 64 heavy (non-hydrogen) atoms. The number of hydrogen-bond acceptors (Lipinski definition) is 4. The summed E-state index contributed by atoms with van der Waals surface area (Å²) in [6.45, 7) is 11.2. The van der Waals surface area contributed by atoms with Gasteiger partial charge in [0.15, 0.2) is 0 Å².